The van der Waals surface area contributed by atoms with Gasteiger partial charge >= 0.3 is 5.97 Å². The Morgan fingerprint density at radius 3 is 2.36 bits per heavy atom. The number of hydrogen-bond donors (Lipinski definition) is 1. The van der Waals surface area contributed by atoms with Crippen LogP contribution in [0.3, 0.4) is 0 Å². The van der Waals surface area contributed by atoms with Crippen molar-refractivity contribution in [2.45, 2.75) is 25.2 Å². The summed E-state index contributed by atoms with van der Waals surface area (Å²) in [5, 5.41) is 8.99. The van der Waals surface area contributed by atoms with Crippen molar-refractivity contribution in [3.8, 4) is 0 Å². The lowest BCUT2D eigenvalue weighted by Gasteiger charge is -2.39. The highest BCUT2D eigenvalue weighted by atomic mass is 19.1. The number of aliphatic carboxylic acids is 1. The maximum atomic E-state index is 13.2. The van der Waals surface area contributed by atoms with Gasteiger partial charge in [-0.05, 0) is 37.5 Å². The van der Waals surface area contributed by atoms with Crippen molar-refractivity contribution in [1.82, 2.24) is 4.90 Å². The molecular formula is C16H20FNO4. The van der Waals surface area contributed by atoms with E-state index in [4.69, 9.17) is 9.84 Å². The molecule has 22 heavy (non-hydrogen) atoms. The lowest BCUT2D eigenvalue weighted by atomic mass is 9.73. The molecule has 0 bridgehead atoms. The molecule has 0 radical (unpaired) electrons. The van der Waals surface area contributed by atoms with Gasteiger partial charge in [-0.1, -0.05) is 12.1 Å². The van der Waals surface area contributed by atoms with E-state index in [9.17, 15) is 14.0 Å². The van der Waals surface area contributed by atoms with E-state index in [-0.39, 0.29) is 18.3 Å². The van der Waals surface area contributed by atoms with Crippen molar-refractivity contribution in [3.05, 3.63) is 35.6 Å². The Hall–Kier alpha value is -1.95. The Kier molecular flexibility index (Phi) is 5.13. The van der Waals surface area contributed by atoms with Crippen LogP contribution in [-0.2, 0) is 19.7 Å². The molecule has 0 spiro atoms. The number of benzene rings is 1. The average Bonchev–Trinajstić information content (AvgIpc) is 2.53. The zero-order valence-electron chi connectivity index (χ0n) is 12.5. The van der Waals surface area contributed by atoms with E-state index >= 15 is 0 Å². The Morgan fingerprint density at radius 1 is 1.27 bits per heavy atom. The number of carboxylic acid groups (broad SMARTS) is 1. The monoisotopic (exact) mass is 309 g/mol. The molecule has 6 heteroatoms. The molecular weight excluding hydrogens is 289 g/mol. The highest BCUT2D eigenvalue weighted by Gasteiger charge is 2.44. The van der Waals surface area contributed by atoms with Gasteiger partial charge in [-0.3, -0.25) is 9.59 Å². The molecule has 2 rings (SSSR count). The molecule has 1 aromatic carbocycles. The molecule has 0 atom stereocenters. The van der Waals surface area contributed by atoms with Crippen LogP contribution in [0, 0.1) is 5.82 Å². The Labute approximate surface area is 128 Å². The van der Waals surface area contributed by atoms with Gasteiger partial charge in [0.25, 0.3) is 0 Å². The number of halogens is 1. The van der Waals surface area contributed by atoms with E-state index in [1.165, 1.54) is 17.0 Å². The van der Waals surface area contributed by atoms with Gasteiger partial charge in [-0.25, -0.2) is 4.39 Å². The molecule has 1 saturated heterocycles. The van der Waals surface area contributed by atoms with Crippen molar-refractivity contribution in [2.75, 3.05) is 26.3 Å². The van der Waals surface area contributed by atoms with E-state index in [1.54, 1.807) is 19.1 Å². The largest absolute Gasteiger partial charge is 0.480 e. The summed E-state index contributed by atoms with van der Waals surface area (Å²) < 4.78 is 18.5. The smallest absolute Gasteiger partial charge is 0.323 e. The van der Waals surface area contributed by atoms with Gasteiger partial charge in [0.2, 0.25) is 5.91 Å². The first-order chi connectivity index (χ1) is 10.5. The molecule has 1 heterocycles. The van der Waals surface area contributed by atoms with Gasteiger partial charge in [-0.2, -0.15) is 0 Å². The highest BCUT2D eigenvalue weighted by Crippen LogP contribution is 2.36. The third kappa shape index (κ3) is 3.27. The van der Waals surface area contributed by atoms with Crippen LogP contribution in [0.1, 0.15) is 25.3 Å². The first-order valence-corrected chi connectivity index (χ1v) is 7.34. The number of rotatable bonds is 5. The normalized spacial score (nSPS) is 17.0. The Bertz CT molecular complexity index is 538. The van der Waals surface area contributed by atoms with Gasteiger partial charge in [0.15, 0.2) is 0 Å². The van der Waals surface area contributed by atoms with Crippen molar-refractivity contribution in [2.24, 2.45) is 0 Å². The fourth-order valence-corrected chi connectivity index (χ4v) is 2.91. The van der Waals surface area contributed by atoms with Gasteiger partial charge in [-0.15, -0.1) is 0 Å². The summed E-state index contributed by atoms with van der Waals surface area (Å²) in [5.41, 5.74) is -0.122. The average molecular weight is 309 g/mol. The topological polar surface area (TPSA) is 66.8 Å². The minimum Gasteiger partial charge on any atom is -0.480 e. The van der Waals surface area contributed by atoms with Crippen LogP contribution in [0.4, 0.5) is 4.39 Å². The van der Waals surface area contributed by atoms with Crippen molar-refractivity contribution in [3.63, 3.8) is 0 Å². The number of hydrogen-bond acceptors (Lipinski definition) is 3. The highest BCUT2D eigenvalue weighted by molar-refractivity contribution is 5.90. The number of nitrogens with zero attached hydrogens (tertiary/aromatic N) is 1. The first kappa shape index (κ1) is 16.4. The summed E-state index contributed by atoms with van der Waals surface area (Å²) in [5.74, 6) is -1.64. The lowest BCUT2D eigenvalue weighted by molar-refractivity contribution is -0.149. The summed E-state index contributed by atoms with van der Waals surface area (Å²) in [7, 11) is 0. The molecule has 1 aliphatic heterocycles. The predicted molar refractivity (Wildman–Crippen MR) is 78.0 cm³/mol. The number of carbonyl (C=O) groups is 2. The van der Waals surface area contributed by atoms with Crippen molar-refractivity contribution in [1.29, 1.82) is 0 Å². The van der Waals surface area contributed by atoms with E-state index < -0.39 is 11.4 Å². The van der Waals surface area contributed by atoms with Gasteiger partial charge in [0.05, 0.1) is 5.41 Å². The predicted octanol–water partition coefficient (Wildman–Crippen LogP) is 1.81. The van der Waals surface area contributed by atoms with Crippen LogP contribution in [0.15, 0.2) is 24.3 Å². The summed E-state index contributed by atoms with van der Waals surface area (Å²) in [6, 6.07) is 5.86. The Balaban J connectivity index is 2.38. The summed E-state index contributed by atoms with van der Waals surface area (Å²) in [4.78, 5) is 25.3. The molecule has 1 amide bonds. The number of carbonyl (C=O) groups excluding carboxylic acids is 1. The maximum Gasteiger partial charge on any atom is 0.323 e. The molecule has 0 aromatic heterocycles. The fourth-order valence-electron chi connectivity index (χ4n) is 2.91. The second kappa shape index (κ2) is 6.87. The summed E-state index contributed by atoms with van der Waals surface area (Å²) in [6.07, 6.45) is 0.932. The maximum absolute atomic E-state index is 13.2. The minimum absolute atomic E-state index is 0.229. The molecule has 0 unspecified atom stereocenters. The Morgan fingerprint density at radius 2 is 1.86 bits per heavy atom. The summed E-state index contributed by atoms with van der Waals surface area (Å²) in [6.45, 7) is 2.58. The zero-order valence-corrected chi connectivity index (χ0v) is 12.5. The number of likely N-dealkylation sites (N-methyl/N-ethyl adjacent to an activating group) is 1. The van der Waals surface area contributed by atoms with E-state index in [0.29, 0.717) is 38.2 Å². The third-order valence-corrected chi connectivity index (χ3v) is 4.15. The van der Waals surface area contributed by atoms with Crippen LogP contribution in [0.5, 0.6) is 0 Å². The second-order valence-electron chi connectivity index (χ2n) is 5.41. The second-order valence-corrected chi connectivity index (χ2v) is 5.41. The van der Waals surface area contributed by atoms with Crippen LogP contribution in [0.2, 0.25) is 0 Å². The molecule has 1 aromatic rings. The van der Waals surface area contributed by atoms with Crippen molar-refractivity contribution < 1.29 is 23.8 Å². The lowest BCUT2D eigenvalue weighted by Crippen LogP contribution is -2.51. The van der Waals surface area contributed by atoms with Crippen molar-refractivity contribution >= 4 is 11.9 Å². The number of ether oxygens (including phenoxy) is 1. The molecule has 1 aliphatic rings. The van der Waals surface area contributed by atoms with Crippen LogP contribution < -0.4 is 0 Å². The summed E-state index contributed by atoms with van der Waals surface area (Å²) >= 11 is 0. The molecule has 120 valence electrons. The fraction of sp³-hybridized carbons (Fsp3) is 0.500. The zero-order chi connectivity index (χ0) is 16.2. The van der Waals surface area contributed by atoms with Gasteiger partial charge < -0.3 is 14.7 Å². The number of carboxylic acids is 1. The molecule has 1 fully saturated rings. The SMILES string of the molecule is CCN(CC(=O)O)C(=O)C1(c2ccc(F)cc2)CCOCC1. The molecule has 0 saturated carbocycles. The quantitative estimate of drug-likeness (QED) is 0.901. The minimum atomic E-state index is -1.04. The molecule has 1 N–H and O–H groups in total. The standard InChI is InChI=1S/C16H20FNO4/c1-2-18(11-14(19)20)15(21)16(7-9-22-10-8-16)12-3-5-13(17)6-4-12/h3-6H,2,7-11H2,1H3,(H,19,20). The van der Waals surface area contributed by atoms with Gasteiger partial charge in [0.1, 0.15) is 12.4 Å². The van der Waals surface area contributed by atoms with Gasteiger partial charge in [0, 0.05) is 19.8 Å². The van der Waals surface area contributed by atoms with E-state index in [0.717, 1.165) is 0 Å². The van der Waals surface area contributed by atoms with Crippen LogP contribution in [-0.4, -0.2) is 48.2 Å². The molecule has 0 aliphatic carbocycles. The third-order valence-electron chi connectivity index (χ3n) is 4.15. The van der Waals surface area contributed by atoms with E-state index in [2.05, 4.69) is 0 Å². The number of amides is 1. The first-order valence-electron chi connectivity index (χ1n) is 7.34. The van der Waals surface area contributed by atoms with E-state index in [1.807, 2.05) is 0 Å². The van der Waals surface area contributed by atoms with Crippen LogP contribution >= 0.6 is 0 Å². The van der Waals surface area contributed by atoms with Crippen LogP contribution in [0.25, 0.3) is 0 Å². The molecule has 5 nitrogen and oxygen atoms in total.